The number of rotatable bonds is 5. The zero-order valence-electron chi connectivity index (χ0n) is 13.8. The average molecular weight is 319 g/mol. The van der Waals surface area contributed by atoms with Gasteiger partial charge in [0.25, 0.3) is 0 Å². The van der Waals surface area contributed by atoms with Crippen molar-refractivity contribution in [2.24, 2.45) is 0 Å². The first kappa shape index (κ1) is 16.3. The number of ether oxygens (including phenoxy) is 3. The number of hydrogen-bond donors (Lipinski definition) is 0. The summed E-state index contributed by atoms with van der Waals surface area (Å²) in [6.45, 7) is 2.87. The fraction of sp³-hybridized carbons (Fsp3) is 0.611. The van der Waals surface area contributed by atoms with Crippen LogP contribution >= 0.6 is 0 Å². The van der Waals surface area contributed by atoms with E-state index in [4.69, 9.17) is 14.2 Å². The Labute approximate surface area is 137 Å². The van der Waals surface area contributed by atoms with Crippen molar-refractivity contribution in [3.05, 3.63) is 29.3 Å². The Bertz CT molecular complexity index is 540. The molecule has 0 spiro atoms. The molecule has 3 rings (SSSR count). The summed E-state index contributed by atoms with van der Waals surface area (Å²) in [7, 11) is 1.67. The van der Waals surface area contributed by atoms with Crippen LogP contribution in [0.25, 0.3) is 0 Å². The maximum Gasteiger partial charge on any atom is 0.248 e. The molecule has 1 saturated heterocycles. The largest absolute Gasteiger partial charge is 0.497 e. The molecule has 1 amide bonds. The minimum absolute atomic E-state index is 0.0577. The van der Waals surface area contributed by atoms with Gasteiger partial charge in [0, 0.05) is 19.7 Å². The van der Waals surface area contributed by atoms with Gasteiger partial charge in [-0.25, -0.2) is 0 Å². The molecule has 0 aromatic heterocycles. The van der Waals surface area contributed by atoms with Crippen molar-refractivity contribution >= 4 is 5.91 Å². The lowest BCUT2D eigenvalue weighted by atomic mass is 9.99. The summed E-state index contributed by atoms with van der Waals surface area (Å²) < 4.78 is 16.4. The van der Waals surface area contributed by atoms with Crippen LogP contribution in [-0.2, 0) is 27.2 Å². The highest BCUT2D eigenvalue weighted by molar-refractivity contribution is 5.77. The monoisotopic (exact) mass is 319 g/mol. The van der Waals surface area contributed by atoms with E-state index in [0.717, 1.165) is 38.2 Å². The van der Waals surface area contributed by atoms with Crippen LogP contribution in [0.1, 0.15) is 30.4 Å². The third-order valence-corrected chi connectivity index (χ3v) is 4.58. The van der Waals surface area contributed by atoms with Crippen LogP contribution in [0.2, 0.25) is 0 Å². The number of methoxy groups -OCH3 is 1. The van der Waals surface area contributed by atoms with Gasteiger partial charge in [-0.1, -0.05) is 6.07 Å². The van der Waals surface area contributed by atoms with Crippen molar-refractivity contribution in [3.63, 3.8) is 0 Å². The van der Waals surface area contributed by atoms with E-state index in [9.17, 15) is 4.79 Å². The maximum atomic E-state index is 12.3. The van der Waals surface area contributed by atoms with Crippen LogP contribution in [0.15, 0.2) is 18.2 Å². The standard InChI is InChI=1S/C18H25NO4/c1-21-16-6-5-15-11-19(8-7-14(15)10-16)18(20)13-22-12-17-4-2-3-9-23-17/h5-6,10,17H,2-4,7-9,11-13H2,1H3. The fourth-order valence-corrected chi connectivity index (χ4v) is 3.18. The molecular formula is C18H25NO4. The number of carbonyl (C=O) groups is 1. The first-order chi connectivity index (χ1) is 11.3. The van der Waals surface area contributed by atoms with Crippen LogP contribution in [0.5, 0.6) is 5.75 Å². The Morgan fingerprint density at radius 2 is 2.26 bits per heavy atom. The predicted molar refractivity (Wildman–Crippen MR) is 86.5 cm³/mol. The van der Waals surface area contributed by atoms with Gasteiger partial charge in [0.1, 0.15) is 12.4 Å². The molecule has 2 aliphatic heterocycles. The van der Waals surface area contributed by atoms with Gasteiger partial charge in [-0.3, -0.25) is 4.79 Å². The Morgan fingerprint density at radius 1 is 1.35 bits per heavy atom. The van der Waals surface area contributed by atoms with Gasteiger partial charge in [-0.05, 0) is 48.9 Å². The number of hydrogen-bond acceptors (Lipinski definition) is 4. The van der Waals surface area contributed by atoms with Crippen LogP contribution in [0, 0.1) is 0 Å². The van der Waals surface area contributed by atoms with Crippen LogP contribution in [0.4, 0.5) is 0 Å². The first-order valence-electron chi connectivity index (χ1n) is 8.39. The number of amides is 1. The van der Waals surface area contributed by atoms with E-state index in [1.54, 1.807) is 7.11 Å². The van der Waals surface area contributed by atoms with Crippen molar-refractivity contribution in [1.29, 1.82) is 0 Å². The number of benzene rings is 1. The van der Waals surface area contributed by atoms with Crippen molar-refractivity contribution < 1.29 is 19.0 Å². The summed E-state index contributed by atoms with van der Waals surface area (Å²) in [4.78, 5) is 14.2. The quantitative estimate of drug-likeness (QED) is 0.834. The maximum absolute atomic E-state index is 12.3. The zero-order valence-corrected chi connectivity index (χ0v) is 13.8. The van der Waals surface area contributed by atoms with E-state index < -0.39 is 0 Å². The van der Waals surface area contributed by atoms with E-state index in [2.05, 4.69) is 6.07 Å². The molecule has 0 aliphatic carbocycles. The van der Waals surface area contributed by atoms with Crippen molar-refractivity contribution in [2.75, 3.05) is 33.5 Å². The van der Waals surface area contributed by atoms with Crippen LogP contribution < -0.4 is 4.74 Å². The lowest BCUT2D eigenvalue weighted by Gasteiger charge is -2.29. The predicted octanol–water partition coefficient (Wildman–Crippen LogP) is 2.17. The Hall–Kier alpha value is -1.59. The minimum Gasteiger partial charge on any atom is -0.497 e. The van der Waals surface area contributed by atoms with Crippen molar-refractivity contribution in [3.8, 4) is 5.75 Å². The summed E-state index contributed by atoms with van der Waals surface area (Å²) in [6, 6.07) is 6.06. The molecule has 0 N–H and O–H groups in total. The highest BCUT2D eigenvalue weighted by Crippen LogP contribution is 2.23. The minimum atomic E-state index is 0.0577. The Morgan fingerprint density at radius 3 is 3.04 bits per heavy atom. The summed E-state index contributed by atoms with van der Waals surface area (Å²) in [5.74, 6) is 0.932. The van der Waals surface area contributed by atoms with Gasteiger partial charge in [0.2, 0.25) is 5.91 Å². The molecule has 1 unspecified atom stereocenters. The molecule has 1 aromatic carbocycles. The van der Waals surface area contributed by atoms with Gasteiger partial charge < -0.3 is 19.1 Å². The lowest BCUT2D eigenvalue weighted by Crippen LogP contribution is -2.38. The Balaban J connectivity index is 1.46. The molecular weight excluding hydrogens is 294 g/mol. The second kappa shape index (κ2) is 7.79. The van der Waals surface area contributed by atoms with E-state index in [-0.39, 0.29) is 18.6 Å². The smallest absolute Gasteiger partial charge is 0.248 e. The average Bonchev–Trinajstić information content (AvgIpc) is 2.61. The van der Waals surface area contributed by atoms with Gasteiger partial charge in [-0.15, -0.1) is 0 Å². The normalized spacial score (nSPS) is 20.9. The lowest BCUT2D eigenvalue weighted by molar-refractivity contribution is -0.139. The molecule has 0 saturated carbocycles. The highest BCUT2D eigenvalue weighted by Gasteiger charge is 2.22. The third-order valence-electron chi connectivity index (χ3n) is 4.58. The summed E-state index contributed by atoms with van der Waals surface area (Å²) in [5, 5.41) is 0. The first-order valence-corrected chi connectivity index (χ1v) is 8.39. The fourth-order valence-electron chi connectivity index (χ4n) is 3.18. The van der Waals surface area contributed by atoms with E-state index in [0.29, 0.717) is 13.2 Å². The second-order valence-corrected chi connectivity index (χ2v) is 6.20. The number of fused-ring (bicyclic) bond motifs is 1. The molecule has 5 nitrogen and oxygen atoms in total. The third kappa shape index (κ3) is 4.24. The van der Waals surface area contributed by atoms with Crippen molar-refractivity contribution in [2.45, 2.75) is 38.3 Å². The van der Waals surface area contributed by atoms with Gasteiger partial charge in [0.15, 0.2) is 0 Å². The molecule has 5 heteroatoms. The molecule has 1 fully saturated rings. The number of carbonyl (C=O) groups excluding carboxylic acids is 1. The van der Waals surface area contributed by atoms with Crippen LogP contribution in [0.3, 0.4) is 0 Å². The van der Waals surface area contributed by atoms with Gasteiger partial charge in [-0.2, -0.15) is 0 Å². The topological polar surface area (TPSA) is 48.0 Å². The summed E-state index contributed by atoms with van der Waals surface area (Å²) in [5.41, 5.74) is 2.46. The number of nitrogens with zero attached hydrogens (tertiary/aromatic N) is 1. The molecule has 0 radical (unpaired) electrons. The molecule has 23 heavy (non-hydrogen) atoms. The molecule has 2 aliphatic rings. The van der Waals surface area contributed by atoms with Crippen LogP contribution in [-0.4, -0.2) is 50.4 Å². The SMILES string of the molecule is COc1ccc2c(c1)CCN(C(=O)COCC1CCCCO1)C2. The molecule has 126 valence electrons. The van der Waals surface area contributed by atoms with Crippen molar-refractivity contribution in [1.82, 2.24) is 4.90 Å². The molecule has 1 aromatic rings. The van der Waals surface area contributed by atoms with E-state index in [1.807, 2.05) is 17.0 Å². The van der Waals surface area contributed by atoms with E-state index in [1.165, 1.54) is 17.5 Å². The summed E-state index contributed by atoms with van der Waals surface area (Å²) >= 11 is 0. The van der Waals surface area contributed by atoms with Gasteiger partial charge >= 0.3 is 0 Å². The second-order valence-electron chi connectivity index (χ2n) is 6.20. The molecule has 1 atom stereocenters. The van der Waals surface area contributed by atoms with E-state index >= 15 is 0 Å². The summed E-state index contributed by atoms with van der Waals surface area (Å²) in [6.07, 6.45) is 4.38. The Kier molecular flexibility index (Phi) is 5.51. The zero-order chi connectivity index (χ0) is 16.1. The van der Waals surface area contributed by atoms with Gasteiger partial charge in [0.05, 0.1) is 19.8 Å². The molecule has 2 heterocycles. The highest BCUT2D eigenvalue weighted by atomic mass is 16.5. The molecule has 0 bridgehead atoms.